The number of anilines is 1. The number of hydrogen-bond acceptors (Lipinski definition) is 3. The second-order valence-electron chi connectivity index (χ2n) is 8.00. The summed E-state index contributed by atoms with van der Waals surface area (Å²) in [7, 11) is 0. The van der Waals surface area contributed by atoms with Crippen molar-refractivity contribution in [1.82, 2.24) is 20.2 Å². The fourth-order valence-corrected chi connectivity index (χ4v) is 4.03. The number of aryl methyl sites for hydroxylation is 3. The largest absolute Gasteiger partial charge is 0.369 e. The lowest BCUT2D eigenvalue weighted by atomic mass is 10.0. The van der Waals surface area contributed by atoms with E-state index in [1.54, 1.807) is 12.1 Å². The monoisotopic (exact) mass is 414 g/mol. The lowest BCUT2D eigenvalue weighted by Gasteiger charge is -2.36. The van der Waals surface area contributed by atoms with Crippen molar-refractivity contribution in [2.45, 2.75) is 59.0 Å². The SMILES string of the molecule is CCNC(=NCCCCn1ccnc1C)NC1CCCN(c2ccc(F)cc2C)C1. The van der Waals surface area contributed by atoms with Crippen LogP contribution in [0.2, 0.25) is 0 Å². The van der Waals surface area contributed by atoms with Crippen molar-refractivity contribution in [3.05, 3.63) is 47.8 Å². The van der Waals surface area contributed by atoms with Gasteiger partial charge < -0.3 is 20.1 Å². The number of aromatic nitrogens is 2. The van der Waals surface area contributed by atoms with Crippen molar-refractivity contribution in [2.75, 3.05) is 31.1 Å². The molecule has 2 N–H and O–H groups in total. The highest BCUT2D eigenvalue weighted by Crippen LogP contribution is 2.24. The van der Waals surface area contributed by atoms with Gasteiger partial charge in [-0.3, -0.25) is 4.99 Å². The average Bonchev–Trinajstić information content (AvgIpc) is 3.13. The van der Waals surface area contributed by atoms with Gasteiger partial charge in [0.05, 0.1) is 0 Å². The van der Waals surface area contributed by atoms with E-state index in [2.05, 4.69) is 32.0 Å². The van der Waals surface area contributed by atoms with E-state index < -0.39 is 0 Å². The predicted molar refractivity (Wildman–Crippen MR) is 122 cm³/mol. The first-order chi connectivity index (χ1) is 14.6. The summed E-state index contributed by atoms with van der Waals surface area (Å²) in [6, 6.07) is 5.39. The molecule has 164 valence electrons. The number of aliphatic imine (C=N–C) groups is 1. The van der Waals surface area contributed by atoms with Crippen LogP contribution in [0.5, 0.6) is 0 Å². The Morgan fingerprint density at radius 2 is 2.17 bits per heavy atom. The van der Waals surface area contributed by atoms with E-state index in [-0.39, 0.29) is 5.82 Å². The summed E-state index contributed by atoms with van der Waals surface area (Å²) >= 11 is 0. The molecule has 0 amide bonds. The smallest absolute Gasteiger partial charge is 0.191 e. The Labute approximate surface area is 179 Å². The van der Waals surface area contributed by atoms with Gasteiger partial charge in [-0.2, -0.15) is 0 Å². The number of imidazole rings is 1. The van der Waals surface area contributed by atoms with Crippen LogP contribution in [0.15, 0.2) is 35.6 Å². The van der Waals surface area contributed by atoms with Crippen molar-refractivity contribution in [2.24, 2.45) is 4.99 Å². The molecule has 3 rings (SSSR count). The van der Waals surface area contributed by atoms with E-state index in [1.807, 2.05) is 32.3 Å². The zero-order chi connectivity index (χ0) is 21.3. The van der Waals surface area contributed by atoms with Crippen LogP contribution in [-0.4, -0.2) is 47.7 Å². The third-order valence-corrected chi connectivity index (χ3v) is 5.61. The number of rotatable bonds is 8. The molecule has 2 aromatic rings. The molecule has 1 fully saturated rings. The molecule has 0 spiro atoms. The molecule has 1 aromatic carbocycles. The molecule has 1 saturated heterocycles. The summed E-state index contributed by atoms with van der Waals surface area (Å²) in [5.41, 5.74) is 2.11. The minimum atomic E-state index is -0.173. The zero-order valence-corrected chi connectivity index (χ0v) is 18.5. The highest BCUT2D eigenvalue weighted by molar-refractivity contribution is 5.80. The third kappa shape index (κ3) is 6.21. The van der Waals surface area contributed by atoms with Crippen LogP contribution in [0.3, 0.4) is 0 Å². The van der Waals surface area contributed by atoms with Crippen molar-refractivity contribution < 1.29 is 4.39 Å². The lowest BCUT2D eigenvalue weighted by Crippen LogP contribution is -2.51. The van der Waals surface area contributed by atoms with Gasteiger partial charge >= 0.3 is 0 Å². The second-order valence-corrected chi connectivity index (χ2v) is 8.00. The van der Waals surface area contributed by atoms with E-state index in [4.69, 9.17) is 4.99 Å². The quantitative estimate of drug-likeness (QED) is 0.393. The Morgan fingerprint density at radius 1 is 1.30 bits per heavy atom. The summed E-state index contributed by atoms with van der Waals surface area (Å²) in [4.78, 5) is 11.4. The number of nitrogens with one attached hydrogen (secondary N) is 2. The van der Waals surface area contributed by atoms with Crippen LogP contribution < -0.4 is 15.5 Å². The van der Waals surface area contributed by atoms with Gasteiger partial charge in [0.1, 0.15) is 11.6 Å². The molecule has 1 unspecified atom stereocenters. The molecule has 7 heteroatoms. The first-order valence-corrected chi connectivity index (χ1v) is 11.1. The summed E-state index contributed by atoms with van der Waals surface area (Å²) in [6.45, 7) is 10.6. The van der Waals surface area contributed by atoms with Gasteiger partial charge in [-0.05, 0) is 70.2 Å². The van der Waals surface area contributed by atoms with E-state index >= 15 is 0 Å². The van der Waals surface area contributed by atoms with Gasteiger partial charge in [-0.15, -0.1) is 0 Å². The predicted octanol–water partition coefficient (Wildman–Crippen LogP) is 3.64. The first kappa shape index (κ1) is 22.1. The Kier molecular flexibility index (Phi) is 8.11. The normalized spacial score (nSPS) is 17.3. The molecule has 1 aromatic heterocycles. The number of nitrogens with zero attached hydrogens (tertiary/aromatic N) is 4. The lowest BCUT2D eigenvalue weighted by molar-refractivity contribution is 0.467. The molecular formula is C23H35FN6. The van der Waals surface area contributed by atoms with Gasteiger partial charge in [0.2, 0.25) is 0 Å². The first-order valence-electron chi connectivity index (χ1n) is 11.1. The van der Waals surface area contributed by atoms with Crippen LogP contribution in [0, 0.1) is 19.7 Å². The van der Waals surface area contributed by atoms with E-state index in [9.17, 15) is 4.39 Å². The van der Waals surface area contributed by atoms with Crippen LogP contribution >= 0.6 is 0 Å². The fourth-order valence-electron chi connectivity index (χ4n) is 4.03. The van der Waals surface area contributed by atoms with Crippen LogP contribution in [-0.2, 0) is 6.54 Å². The number of piperidine rings is 1. The molecule has 2 heterocycles. The molecule has 6 nitrogen and oxygen atoms in total. The topological polar surface area (TPSA) is 57.5 Å². The Hall–Kier alpha value is -2.57. The minimum absolute atomic E-state index is 0.173. The second kappa shape index (κ2) is 11.0. The Balaban J connectivity index is 1.50. The number of guanidine groups is 1. The van der Waals surface area contributed by atoms with Crippen molar-refractivity contribution >= 4 is 11.6 Å². The number of unbranched alkanes of at least 4 members (excludes halogenated alkanes) is 1. The maximum absolute atomic E-state index is 13.5. The van der Waals surface area contributed by atoms with Crippen molar-refractivity contribution in [3.8, 4) is 0 Å². The average molecular weight is 415 g/mol. The van der Waals surface area contributed by atoms with E-state index in [1.165, 1.54) is 0 Å². The highest BCUT2D eigenvalue weighted by atomic mass is 19.1. The molecule has 0 bridgehead atoms. The summed E-state index contributed by atoms with van der Waals surface area (Å²) in [5, 5.41) is 6.98. The zero-order valence-electron chi connectivity index (χ0n) is 18.5. The highest BCUT2D eigenvalue weighted by Gasteiger charge is 2.22. The summed E-state index contributed by atoms with van der Waals surface area (Å²) in [6.07, 6.45) is 8.23. The molecule has 1 aliphatic rings. The molecular weight excluding hydrogens is 379 g/mol. The standard InChI is InChI=1S/C23H35FN6/c1-4-25-23(27-11-5-6-13-29-15-12-26-19(29)3)28-21-8-7-14-30(17-21)22-10-9-20(24)16-18(22)2/h9-10,12,15-16,21H,4-8,11,13-14,17H2,1-3H3,(H2,25,27,28). The van der Waals surface area contributed by atoms with Gasteiger partial charge in [0.25, 0.3) is 0 Å². The van der Waals surface area contributed by atoms with Gasteiger partial charge in [0.15, 0.2) is 5.96 Å². The third-order valence-electron chi connectivity index (χ3n) is 5.61. The number of benzene rings is 1. The minimum Gasteiger partial charge on any atom is -0.369 e. The van der Waals surface area contributed by atoms with Crippen LogP contribution in [0.25, 0.3) is 0 Å². The van der Waals surface area contributed by atoms with E-state index in [0.29, 0.717) is 6.04 Å². The molecule has 0 saturated carbocycles. The van der Waals surface area contributed by atoms with E-state index in [0.717, 1.165) is 81.4 Å². The maximum Gasteiger partial charge on any atom is 0.191 e. The Bertz CT molecular complexity index is 831. The molecule has 1 atom stereocenters. The van der Waals surface area contributed by atoms with Crippen LogP contribution in [0.4, 0.5) is 10.1 Å². The van der Waals surface area contributed by atoms with Crippen molar-refractivity contribution in [3.63, 3.8) is 0 Å². The van der Waals surface area contributed by atoms with Gasteiger partial charge in [0, 0.05) is 56.8 Å². The Morgan fingerprint density at radius 3 is 2.90 bits per heavy atom. The van der Waals surface area contributed by atoms with Crippen LogP contribution in [0.1, 0.15) is 44.0 Å². The van der Waals surface area contributed by atoms with Gasteiger partial charge in [-0.1, -0.05) is 0 Å². The number of halogens is 1. The molecule has 0 aliphatic carbocycles. The summed E-state index contributed by atoms with van der Waals surface area (Å²) in [5.74, 6) is 1.78. The van der Waals surface area contributed by atoms with Gasteiger partial charge in [-0.25, -0.2) is 9.37 Å². The molecule has 30 heavy (non-hydrogen) atoms. The number of hydrogen-bond donors (Lipinski definition) is 2. The maximum atomic E-state index is 13.5. The summed E-state index contributed by atoms with van der Waals surface area (Å²) < 4.78 is 15.6. The molecule has 1 aliphatic heterocycles. The van der Waals surface area contributed by atoms with Crippen molar-refractivity contribution in [1.29, 1.82) is 0 Å². The fraction of sp³-hybridized carbons (Fsp3) is 0.565. The molecule has 0 radical (unpaired) electrons.